The summed E-state index contributed by atoms with van der Waals surface area (Å²) in [5.41, 5.74) is 7.50. The minimum absolute atomic E-state index is 0.296. The van der Waals surface area contributed by atoms with Crippen molar-refractivity contribution in [2.75, 3.05) is 26.2 Å². The normalized spacial score (nSPS) is 18.0. The van der Waals surface area contributed by atoms with Crippen LogP contribution in [0.4, 0.5) is 0 Å². The lowest BCUT2D eigenvalue weighted by Crippen LogP contribution is -2.48. The number of nitrogens with one attached hydrogen (secondary N) is 1. The molecular formula is C15H18N4O. The molecule has 5 heteroatoms. The molecule has 0 aliphatic carbocycles. The molecule has 1 unspecified atom stereocenters. The molecule has 0 spiro atoms. The molecule has 1 saturated heterocycles. The Morgan fingerprint density at radius 3 is 2.85 bits per heavy atom. The highest BCUT2D eigenvalue weighted by Gasteiger charge is 2.26. The lowest BCUT2D eigenvalue weighted by atomic mass is 10.0. The number of rotatable bonds is 3. The summed E-state index contributed by atoms with van der Waals surface area (Å²) in [6.45, 7) is 3.44. The molecule has 1 aliphatic heterocycles. The SMILES string of the molecule is NC(=O)C(c1ccc2ncccc2c1)N1CCNCC1. The zero-order chi connectivity index (χ0) is 13.9. The first-order chi connectivity index (χ1) is 9.75. The van der Waals surface area contributed by atoms with Crippen LogP contribution >= 0.6 is 0 Å². The summed E-state index contributed by atoms with van der Waals surface area (Å²) in [4.78, 5) is 18.3. The minimum Gasteiger partial charge on any atom is -0.368 e. The Morgan fingerprint density at radius 1 is 1.30 bits per heavy atom. The Bertz CT molecular complexity index is 622. The zero-order valence-corrected chi connectivity index (χ0v) is 11.2. The molecule has 3 N–H and O–H groups in total. The van der Waals surface area contributed by atoms with Crippen molar-refractivity contribution in [1.82, 2.24) is 15.2 Å². The highest BCUT2D eigenvalue weighted by Crippen LogP contribution is 2.24. The number of fused-ring (bicyclic) bond motifs is 1. The summed E-state index contributed by atoms with van der Waals surface area (Å²) < 4.78 is 0. The Kier molecular flexibility index (Phi) is 3.62. The van der Waals surface area contributed by atoms with Crippen LogP contribution in [-0.4, -0.2) is 42.0 Å². The number of nitrogens with zero attached hydrogens (tertiary/aromatic N) is 2. The van der Waals surface area contributed by atoms with E-state index in [9.17, 15) is 4.79 Å². The molecule has 2 heterocycles. The van der Waals surface area contributed by atoms with E-state index in [0.29, 0.717) is 0 Å². The third kappa shape index (κ3) is 2.50. The number of nitrogens with two attached hydrogens (primary N) is 1. The summed E-state index contributed by atoms with van der Waals surface area (Å²) in [5, 5.41) is 4.32. The number of piperazine rings is 1. The predicted octanol–water partition coefficient (Wildman–Crippen LogP) is 0.666. The van der Waals surface area contributed by atoms with Crippen molar-refractivity contribution < 1.29 is 4.79 Å². The molecule has 3 rings (SSSR count). The fourth-order valence-corrected chi connectivity index (χ4v) is 2.76. The highest BCUT2D eigenvalue weighted by atomic mass is 16.1. The quantitative estimate of drug-likeness (QED) is 0.860. The zero-order valence-electron chi connectivity index (χ0n) is 11.2. The van der Waals surface area contributed by atoms with E-state index < -0.39 is 0 Å². The average molecular weight is 270 g/mol. The van der Waals surface area contributed by atoms with Gasteiger partial charge in [0.1, 0.15) is 6.04 Å². The van der Waals surface area contributed by atoms with Gasteiger partial charge in [-0.3, -0.25) is 14.7 Å². The molecule has 1 aromatic carbocycles. The first-order valence-electron chi connectivity index (χ1n) is 6.84. The monoisotopic (exact) mass is 270 g/mol. The van der Waals surface area contributed by atoms with Crippen LogP contribution in [0.2, 0.25) is 0 Å². The summed E-state index contributed by atoms with van der Waals surface area (Å²) in [6, 6.07) is 9.45. The molecule has 0 saturated carbocycles. The molecule has 104 valence electrons. The van der Waals surface area contributed by atoms with Crippen molar-refractivity contribution in [1.29, 1.82) is 0 Å². The molecule has 1 amide bonds. The van der Waals surface area contributed by atoms with E-state index in [1.165, 1.54) is 0 Å². The maximum Gasteiger partial charge on any atom is 0.239 e. The Labute approximate surface area is 117 Å². The molecular weight excluding hydrogens is 252 g/mol. The van der Waals surface area contributed by atoms with Gasteiger partial charge < -0.3 is 11.1 Å². The summed E-state index contributed by atoms with van der Waals surface area (Å²) >= 11 is 0. The van der Waals surface area contributed by atoms with Gasteiger partial charge in [-0.2, -0.15) is 0 Å². The molecule has 1 aliphatic rings. The number of carbonyl (C=O) groups is 1. The van der Waals surface area contributed by atoms with Crippen LogP contribution in [0, 0.1) is 0 Å². The Morgan fingerprint density at radius 2 is 2.10 bits per heavy atom. The Balaban J connectivity index is 1.98. The molecule has 20 heavy (non-hydrogen) atoms. The molecule has 1 fully saturated rings. The maximum atomic E-state index is 11.9. The first kappa shape index (κ1) is 13.0. The van der Waals surface area contributed by atoms with Crippen LogP contribution in [0.25, 0.3) is 10.9 Å². The van der Waals surface area contributed by atoms with Gasteiger partial charge in [0.15, 0.2) is 0 Å². The second kappa shape index (κ2) is 5.56. The van der Waals surface area contributed by atoms with Crippen LogP contribution in [0.15, 0.2) is 36.5 Å². The van der Waals surface area contributed by atoms with E-state index in [-0.39, 0.29) is 11.9 Å². The molecule has 1 atom stereocenters. The lowest BCUT2D eigenvalue weighted by Gasteiger charge is -2.33. The minimum atomic E-state index is -0.360. The molecule has 0 bridgehead atoms. The second-order valence-electron chi connectivity index (χ2n) is 5.05. The Hall–Kier alpha value is -1.98. The third-order valence-electron chi connectivity index (χ3n) is 3.73. The van der Waals surface area contributed by atoms with Crippen molar-refractivity contribution in [2.24, 2.45) is 5.73 Å². The first-order valence-corrected chi connectivity index (χ1v) is 6.84. The number of aromatic nitrogens is 1. The number of amides is 1. The van der Waals surface area contributed by atoms with Gasteiger partial charge in [0.25, 0.3) is 0 Å². The van der Waals surface area contributed by atoms with Gasteiger partial charge in [0, 0.05) is 37.8 Å². The van der Waals surface area contributed by atoms with Crippen molar-refractivity contribution >= 4 is 16.8 Å². The largest absolute Gasteiger partial charge is 0.368 e. The predicted molar refractivity (Wildman–Crippen MR) is 78.1 cm³/mol. The van der Waals surface area contributed by atoms with E-state index in [1.54, 1.807) is 6.20 Å². The number of primary amides is 1. The average Bonchev–Trinajstić information content (AvgIpc) is 2.48. The number of benzene rings is 1. The van der Waals surface area contributed by atoms with Gasteiger partial charge in [-0.05, 0) is 23.8 Å². The summed E-state index contributed by atoms with van der Waals surface area (Å²) in [5.74, 6) is -0.296. The van der Waals surface area contributed by atoms with Crippen LogP contribution in [-0.2, 0) is 4.79 Å². The number of hydrogen-bond donors (Lipinski definition) is 2. The third-order valence-corrected chi connectivity index (χ3v) is 3.73. The summed E-state index contributed by atoms with van der Waals surface area (Å²) in [6.07, 6.45) is 1.77. The molecule has 5 nitrogen and oxygen atoms in total. The highest BCUT2D eigenvalue weighted by molar-refractivity contribution is 5.85. The van der Waals surface area contributed by atoms with E-state index in [1.807, 2.05) is 30.3 Å². The van der Waals surface area contributed by atoms with Crippen LogP contribution in [0.3, 0.4) is 0 Å². The fraction of sp³-hybridized carbons (Fsp3) is 0.333. The van der Waals surface area contributed by atoms with E-state index in [2.05, 4.69) is 15.2 Å². The van der Waals surface area contributed by atoms with Crippen molar-refractivity contribution in [3.05, 3.63) is 42.1 Å². The molecule has 0 radical (unpaired) electrons. The number of pyridine rings is 1. The second-order valence-corrected chi connectivity index (χ2v) is 5.05. The van der Waals surface area contributed by atoms with Crippen LogP contribution < -0.4 is 11.1 Å². The summed E-state index contributed by atoms with van der Waals surface area (Å²) in [7, 11) is 0. The molecule has 2 aromatic rings. The van der Waals surface area contributed by atoms with Gasteiger partial charge in [0.2, 0.25) is 5.91 Å². The van der Waals surface area contributed by atoms with Gasteiger partial charge in [-0.1, -0.05) is 12.1 Å². The fourth-order valence-electron chi connectivity index (χ4n) is 2.76. The van der Waals surface area contributed by atoms with Gasteiger partial charge >= 0.3 is 0 Å². The number of hydrogen-bond acceptors (Lipinski definition) is 4. The van der Waals surface area contributed by atoms with Gasteiger partial charge in [-0.25, -0.2) is 0 Å². The van der Waals surface area contributed by atoms with Crippen molar-refractivity contribution in [3.8, 4) is 0 Å². The molecule has 1 aromatic heterocycles. The van der Waals surface area contributed by atoms with Crippen molar-refractivity contribution in [2.45, 2.75) is 6.04 Å². The maximum absolute atomic E-state index is 11.9. The lowest BCUT2D eigenvalue weighted by molar-refractivity contribution is -0.123. The van der Waals surface area contributed by atoms with E-state index in [4.69, 9.17) is 5.73 Å². The van der Waals surface area contributed by atoms with Gasteiger partial charge in [0.05, 0.1) is 5.52 Å². The standard InChI is InChI=1S/C15H18N4O/c16-15(20)14(19-8-6-17-7-9-19)12-3-4-13-11(10-12)2-1-5-18-13/h1-5,10,14,17H,6-9H2,(H2,16,20). The van der Waals surface area contributed by atoms with Gasteiger partial charge in [-0.15, -0.1) is 0 Å². The topological polar surface area (TPSA) is 71.2 Å². The number of carbonyl (C=O) groups excluding carboxylic acids is 1. The van der Waals surface area contributed by atoms with Crippen LogP contribution in [0.5, 0.6) is 0 Å². The van der Waals surface area contributed by atoms with E-state index >= 15 is 0 Å². The van der Waals surface area contributed by atoms with Crippen LogP contribution in [0.1, 0.15) is 11.6 Å². The smallest absolute Gasteiger partial charge is 0.239 e. The van der Waals surface area contributed by atoms with Crippen molar-refractivity contribution in [3.63, 3.8) is 0 Å². The van der Waals surface area contributed by atoms with E-state index in [0.717, 1.165) is 42.6 Å².